The highest BCUT2D eigenvalue weighted by Gasteiger charge is 2.40. The zero-order valence-corrected chi connectivity index (χ0v) is 23.8. The van der Waals surface area contributed by atoms with E-state index < -0.39 is 15.6 Å². The van der Waals surface area contributed by atoms with Gasteiger partial charge in [-0.15, -0.1) is 0 Å². The van der Waals surface area contributed by atoms with Crippen molar-refractivity contribution in [2.45, 2.75) is 31.5 Å². The molecule has 0 saturated carbocycles. The first-order valence-corrected chi connectivity index (χ1v) is 14.8. The number of benzene rings is 3. The number of sulfonamides is 1. The largest absolute Gasteiger partial charge is 0.389 e. The molecular weight excluding hydrogens is 545 g/mol. The lowest BCUT2D eigenvalue weighted by molar-refractivity contribution is 0.0694. The normalized spacial score (nSPS) is 14.8. The number of nitrogens with zero attached hydrogens (tertiary/aromatic N) is 2. The van der Waals surface area contributed by atoms with Crippen molar-refractivity contribution < 1.29 is 18.3 Å². The second-order valence-corrected chi connectivity index (χ2v) is 12.9. The maximum atomic E-state index is 12.9. The predicted molar refractivity (Wildman–Crippen MR) is 153 cm³/mol. The smallest absolute Gasteiger partial charge is 0.251 e. The molecule has 10 heteroatoms. The number of carbonyl (C=O) groups excluding carboxylic acids is 1. The average molecular weight is 577 g/mol. The molecule has 7 nitrogen and oxygen atoms in total. The molecule has 0 bridgehead atoms. The molecule has 2 N–H and O–H groups in total. The van der Waals surface area contributed by atoms with Crippen molar-refractivity contribution in [1.29, 1.82) is 0 Å². The van der Waals surface area contributed by atoms with Crippen LogP contribution in [0.3, 0.4) is 0 Å². The van der Waals surface area contributed by atoms with E-state index in [9.17, 15) is 18.3 Å². The van der Waals surface area contributed by atoms with Gasteiger partial charge in [0.15, 0.2) is 0 Å². The molecule has 3 aromatic rings. The molecule has 38 heavy (non-hydrogen) atoms. The molecule has 0 spiro atoms. The van der Waals surface area contributed by atoms with Crippen LogP contribution >= 0.6 is 23.2 Å². The fourth-order valence-corrected chi connectivity index (χ4v) is 6.03. The number of anilines is 1. The lowest BCUT2D eigenvalue weighted by Gasteiger charge is -2.48. The number of nitrogens with one attached hydrogen (secondary N) is 1. The number of hydrogen-bond donors (Lipinski definition) is 2. The molecule has 1 fully saturated rings. The van der Waals surface area contributed by atoms with Gasteiger partial charge in [-0.25, -0.2) is 8.42 Å². The number of carbonyl (C=O) groups is 1. The third kappa shape index (κ3) is 6.87. The monoisotopic (exact) mass is 575 g/mol. The Balaban J connectivity index is 1.58. The molecule has 0 unspecified atom stereocenters. The van der Waals surface area contributed by atoms with Crippen LogP contribution in [0.1, 0.15) is 41.4 Å². The Morgan fingerprint density at radius 2 is 1.55 bits per heavy atom. The van der Waals surface area contributed by atoms with Crippen molar-refractivity contribution in [3.8, 4) is 0 Å². The third-order valence-electron chi connectivity index (χ3n) is 6.36. The summed E-state index contributed by atoms with van der Waals surface area (Å²) in [4.78, 5) is 14.9. The summed E-state index contributed by atoms with van der Waals surface area (Å²) < 4.78 is 27.3. The van der Waals surface area contributed by atoms with Crippen molar-refractivity contribution in [1.82, 2.24) is 10.2 Å². The second-order valence-electron chi connectivity index (χ2n) is 10.2. The van der Waals surface area contributed by atoms with E-state index in [0.717, 1.165) is 11.1 Å². The molecule has 1 aliphatic rings. The highest BCUT2D eigenvalue weighted by Crippen LogP contribution is 2.36. The molecule has 0 aromatic heterocycles. The number of rotatable bonds is 9. The van der Waals surface area contributed by atoms with Gasteiger partial charge in [0.1, 0.15) is 0 Å². The Kier molecular flexibility index (Phi) is 8.40. The Labute approximate surface area is 234 Å². The molecule has 4 rings (SSSR count). The van der Waals surface area contributed by atoms with Gasteiger partial charge in [-0.3, -0.25) is 14.0 Å². The van der Waals surface area contributed by atoms with E-state index in [1.807, 2.05) is 48.5 Å². The number of hydrogen-bond acceptors (Lipinski definition) is 5. The summed E-state index contributed by atoms with van der Waals surface area (Å²) in [6.07, 6.45) is 1.17. The van der Waals surface area contributed by atoms with Crippen LogP contribution in [0.4, 0.5) is 5.69 Å². The van der Waals surface area contributed by atoms with Gasteiger partial charge < -0.3 is 10.4 Å². The van der Waals surface area contributed by atoms with E-state index in [2.05, 4.69) is 10.2 Å². The van der Waals surface area contributed by atoms with Crippen LogP contribution in [-0.2, 0) is 10.0 Å². The van der Waals surface area contributed by atoms with Crippen LogP contribution in [0.15, 0.2) is 72.8 Å². The molecule has 3 aromatic carbocycles. The van der Waals surface area contributed by atoms with Gasteiger partial charge in [-0.1, -0.05) is 53.5 Å². The minimum Gasteiger partial charge on any atom is -0.389 e. The van der Waals surface area contributed by atoms with Gasteiger partial charge in [-0.05, 0) is 67.4 Å². The van der Waals surface area contributed by atoms with Crippen LogP contribution in [0, 0.1) is 0 Å². The summed E-state index contributed by atoms with van der Waals surface area (Å²) in [7, 11) is -3.65. The first kappa shape index (κ1) is 28.4. The number of aliphatic hydroxyl groups is 1. The van der Waals surface area contributed by atoms with Crippen LogP contribution in [0.5, 0.6) is 0 Å². The van der Waals surface area contributed by atoms with Gasteiger partial charge in [0.25, 0.3) is 5.91 Å². The zero-order chi connectivity index (χ0) is 27.7. The van der Waals surface area contributed by atoms with E-state index in [4.69, 9.17) is 23.2 Å². The van der Waals surface area contributed by atoms with E-state index in [-0.39, 0.29) is 24.5 Å². The molecule has 0 aliphatic carbocycles. The van der Waals surface area contributed by atoms with E-state index in [1.54, 1.807) is 38.1 Å². The van der Waals surface area contributed by atoms with Crippen molar-refractivity contribution in [3.63, 3.8) is 0 Å². The van der Waals surface area contributed by atoms with Crippen molar-refractivity contribution in [2.75, 3.05) is 30.2 Å². The highest BCUT2D eigenvalue weighted by molar-refractivity contribution is 7.92. The van der Waals surface area contributed by atoms with Gasteiger partial charge in [0, 0.05) is 35.2 Å². The van der Waals surface area contributed by atoms with E-state index >= 15 is 0 Å². The molecule has 1 saturated heterocycles. The summed E-state index contributed by atoms with van der Waals surface area (Å²) in [6.45, 7) is 4.23. The first-order chi connectivity index (χ1) is 17.8. The molecule has 202 valence electrons. The molecule has 1 aliphatic heterocycles. The quantitative estimate of drug-likeness (QED) is 0.385. The number of likely N-dealkylation sites (tertiary alicyclic amines) is 1. The van der Waals surface area contributed by atoms with Crippen LogP contribution in [0.2, 0.25) is 10.0 Å². The van der Waals surface area contributed by atoms with E-state index in [0.29, 0.717) is 34.4 Å². The SMILES string of the molecule is CC(C)(O)CNC(=O)c1cccc(N(C2CN(C(c3ccc(Cl)cc3)c3ccc(Cl)cc3)C2)S(C)(=O)=O)c1. The molecule has 1 amide bonds. The maximum Gasteiger partial charge on any atom is 0.251 e. The summed E-state index contributed by atoms with van der Waals surface area (Å²) in [5.41, 5.74) is 1.74. The standard InChI is InChI=1S/C28H31Cl2N3O4S/c1-28(2,35)18-31-27(34)21-5-4-6-24(15-21)33(38(3,36)37)25-16-32(17-25)26(19-7-11-22(29)12-8-19)20-9-13-23(30)14-10-20/h4-15,25-26,35H,16-18H2,1-3H3,(H,31,34). The highest BCUT2D eigenvalue weighted by atomic mass is 35.5. The fourth-order valence-electron chi connectivity index (χ4n) is 4.61. The fraction of sp³-hybridized carbons (Fsp3) is 0.321. The summed E-state index contributed by atoms with van der Waals surface area (Å²) >= 11 is 12.2. The third-order valence-corrected chi connectivity index (χ3v) is 8.09. The maximum absolute atomic E-state index is 12.9. The minimum absolute atomic E-state index is 0.0697. The van der Waals surface area contributed by atoms with Crippen molar-refractivity contribution in [3.05, 3.63) is 99.5 Å². The summed E-state index contributed by atoms with van der Waals surface area (Å²) in [6, 6.07) is 21.4. The topological polar surface area (TPSA) is 89.9 Å². The number of halogens is 2. The lowest BCUT2D eigenvalue weighted by Crippen LogP contribution is -2.61. The molecule has 0 atom stereocenters. The Hall–Kier alpha value is -2.62. The summed E-state index contributed by atoms with van der Waals surface area (Å²) in [5, 5.41) is 13.9. The van der Waals surface area contributed by atoms with Gasteiger partial charge in [-0.2, -0.15) is 0 Å². The van der Waals surface area contributed by atoms with Crippen molar-refractivity contribution >= 4 is 44.8 Å². The Morgan fingerprint density at radius 3 is 2.03 bits per heavy atom. The lowest BCUT2D eigenvalue weighted by atomic mass is 9.93. The Morgan fingerprint density at radius 1 is 1.03 bits per heavy atom. The van der Waals surface area contributed by atoms with E-state index in [1.165, 1.54) is 10.6 Å². The van der Waals surface area contributed by atoms with Crippen LogP contribution in [0.25, 0.3) is 0 Å². The average Bonchev–Trinajstić information content (AvgIpc) is 2.82. The first-order valence-electron chi connectivity index (χ1n) is 12.2. The predicted octanol–water partition coefficient (Wildman–Crippen LogP) is 4.73. The van der Waals surface area contributed by atoms with Crippen molar-refractivity contribution in [2.24, 2.45) is 0 Å². The number of amides is 1. The van der Waals surface area contributed by atoms with Crippen LogP contribution in [-0.4, -0.2) is 61.9 Å². The minimum atomic E-state index is -3.65. The second kappa shape index (κ2) is 11.2. The summed E-state index contributed by atoms with van der Waals surface area (Å²) in [5.74, 6) is -0.386. The molecule has 1 heterocycles. The Bertz CT molecular complexity index is 1340. The van der Waals surface area contributed by atoms with Gasteiger partial charge in [0.05, 0.1) is 29.6 Å². The van der Waals surface area contributed by atoms with Gasteiger partial charge in [0.2, 0.25) is 10.0 Å². The molecule has 0 radical (unpaired) electrons. The molecular formula is C28H31Cl2N3O4S. The van der Waals surface area contributed by atoms with Gasteiger partial charge >= 0.3 is 0 Å². The van der Waals surface area contributed by atoms with Crippen LogP contribution < -0.4 is 9.62 Å². The zero-order valence-electron chi connectivity index (χ0n) is 21.4.